The molecule has 2 heteroatoms. The summed E-state index contributed by atoms with van der Waals surface area (Å²) in [6.07, 6.45) is 0. The first-order valence-corrected chi connectivity index (χ1v) is 6.99. The molecular formula is C17H24N2. The van der Waals surface area contributed by atoms with E-state index in [1.165, 1.54) is 22.0 Å². The molecule has 0 aromatic heterocycles. The predicted octanol–water partition coefficient (Wildman–Crippen LogP) is 3.94. The highest BCUT2D eigenvalue weighted by molar-refractivity contribution is 5.89. The number of hydrogen-bond acceptors (Lipinski definition) is 2. The fourth-order valence-electron chi connectivity index (χ4n) is 2.34. The van der Waals surface area contributed by atoms with Crippen LogP contribution < -0.4 is 5.32 Å². The molecule has 0 aliphatic heterocycles. The van der Waals surface area contributed by atoms with Gasteiger partial charge in [-0.15, -0.1) is 0 Å². The summed E-state index contributed by atoms with van der Waals surface area (Å²) in [7, 11) is 4.20. The van der Waals surface area contributed by atoms with Crippen LogP contribution in [0.1, 0.15) is 25.3 Å². The second kappa shape index (κ2) is 6.07. The summed E-state index contributed by atoms with van der Waals surface area (Å²) in [5.74, 6) is 0.542. The minimum atomic E-state index is 0.542. The number of fused-ring (bicyclic) bond motifs is 1. The molecule has 0 unspecified atom stereocenters. The van der Waals surface area contributed by atoms with E-state index < -0.39 is 0 Å². The number of likely N-dealkylation sites (N-methyl/N-ethyl adjacent to an activating group) is 1. The largest absolute Gasteiger partial charge is 0.384 e. The van der Waals surface area contributed by atoms with Gasteiger partial charge in [0.15, 0.2) is 0 Å². The lowest BCUT2D eigenvalue weighted by molar-refractivity contribution is 0.425. The van der Waals surface area contributed by atoms with E-state index in [0.29, 0.717) is 5.92 Å². The molecule has 0 radical (unpaired) electrons. The molecule has 0 bridgehead atoms. The molecule has 0 atom stereocenters. The summed E-state index contributed by atoms with van der Waals surface area (Å²) in [5, 5.41) is 6.21. The molecule has 19 heavy (non-hydrogen) atoms. The Labute approximate surface area is 116 Å². The van der Waals surface area contributed by atoms with E-state index in [4.69, 9.17) is 0 Å². The predicted molar refractivity (Wildman–Crippen MR) is 85.1 cm³/mol. The van der Waals surface area contributed by atoms with Crippen molar-refractivity contribution in [2.24, 2.45) is 0 Å². The topological polar surface area (TPSA) is 15.3 Å². The third kappa shape index (κ3) is 3.48. The van der Waals surface area contributed by atoms with Gasteiger partial charge in [0.25, 0.3) is 0 Å². The van der Waals surface area contributed by atoms with Crippen molar-refractivity contribution in [3.63, 3.8) is 0 Å². The van der Waals surface area contributed by atoms with E-state index in [0.717, 1.165) is 13.1 Å². The lowest BCUT2D eigenvalue weighted by atomic mass is 9.95. The van der Waals surface area contributed by atoms with Gasteiger partial charge in [-0.05, 0) is 48.5 Å². The SMILES string of the molecule is CC(C)c1cc(NCCN(C)C)cc2ccccc12. The smallest absolute Gasteiger partial charge is 0.0349 e. The van der Waals surface area contributed by atoms with Crippen molar-refractivity contribution in [2.75, 3.05) is 32.5 Å². The molecular weight excluding hydrogens is 232 g/mol. The number of anilines is 1. The van der Waals surface area contributed by atoms with Crippen molar-refractivity contribution >= 4 is 16.5 Å². The normalized spacial score (nSPS) is 11.5. The molecule has 0 aliphatic carbocycles. The summed E-state index contributed by atoms with van der Waals surface area (Å²) < 4.78 is 0. The fourth-order valence-corrected chi connectivity index (χ4v) is 2.34. The maximum atomic E-state index is 3.52. The van der Waals surface area contributed by atoms with E-state index in [2.05, 4.69) is 74.6 Å². The third-order valence-corrected chi connectivity index (χ3v) is 3.40. The van der Waals surface area contributed by atoms with Crippen molar-refractivity contribution in [1.82, 2.24) is 4.90 Å². The first-order valence-electron chi connectivity index (χ1n) is 6.99. The Morgan fingerprint density at radius 2 is 1.84 bits per heavy atom. The first-order chi connectivity index (χ1) is 9.08. The monoisotopic (exact) mass is 256 g/mol. The summed E-state index contributed by atoms with van der Waals surface area (Å²) in [4.78, 5) is 2.19. The van der Waals surface area contributed by atoms with Crippen molar-refractivity contribution < 1.29 is 0 Å². The molecule has 0 aliphatic rings. The summed E-state index contributed by atoms with van der Waals surface area (Å²) in [6, 6.07) is 13.2. The molecule has 102 valence electrons. The highest BCUT2D eigenvalue weighted by atomic mass is 15.1. The zero-order chi connectivity index (χ0) is 13.8. The third-order valence-electron chi connectivity index (χ3n) is 3.40. The molecule has 2 aromatic carbocycles. The molecule has 0 saturated carbocycles. The van der Waals surface area contributed by atoms with Crippen LogP contribution in [0, 0.1) is 0 Å². The van der Waals surface area contributed by atoms with E-state index in [1.54, 1.807) is 0 Å². The van der Waals surface area contributed by atoms with Gasteiger partial charge in [-0.25, -0.2) is 0 Å². The van der Waals surface area contributed by atoms with Gasteiger partial charge < -0.3 is 10.2 Å². The number of rotatable bonds is 5. The maximum Gasteiger partial charge on any atom is 0.0349 e. The van der Waals surface area contributed by atoms with Crippen molar-refractivity contribution in [3.8, 4) is 0 Å². The van der Waals surface area contributed by atoms with Crippen LogP contribution >= 0.6 is 0 Å². The molecule has 2 aromatic rings. The van der Waals surface area contributed by atoms with Crippen molar-refractivity contribution in [3.05, 3.63) is 42.0 Å². The average Bonchev–Trinajstić information content (AvgIpc) is 2.37. The number of nitrogens with one attached hydrogen (secondary N) is 1. The summed E-state index contributed by atoms with van der Waals surface area (Å²) in [5.41, 5.74) is 2.65. The molecule has 0 spiro atoms. The molecule has 0 heterocycles. The van der Waals surface area contributed by atoms with Gasteiger partial charge in [-0.1, -0.05) is 38.1 Å². The van der Waals surface area contributed by atoms with Crippen LogP contribution in [-0.2, 0) is 0 Å². The van der Waals surface area contributed by atoms with Crippen LogP contribution in [0.5, 0.6) is 0 Å². The van der Waals surface area contributed by atoms with Crippen molar-refractivity contribution in [1.29, 1.82) is 0 Å². The lowest BCUT2D eigenvalue weighted by Crippen LogP contribution is -2.20. The second-order valence-corrected chi connectivity index (χ2v) is 5.67. The van der Waals surface area contributed by atoms with Crippen LogP contribution in [0.15, 0.2) is 36.4 Å². The van der Waals surface area contributed by atoms with Gasteiger partial charge in [-0.3, -0.25) is 0 Å². The molecule has 2 rings (SSSR count). The Hall–Kier alpha value is -1.54. The highest BCUT2D eigenvalue weighted by Crippen LogP contribution is 2.29. The standard InChI is InChI=1S/C17H24N2/c1-13(2)17-12-15(18-9-10-19(3)4)11-14-7-5-6-8-16(14)17/h5-8,11-13,18H,9-10H2,1-4H3. The highest BCUT2D eigenvalue weighted by Gasteiger charge is 2.07. The van der Waals surface area contributed by atoms with E-state index in [-0.39, 0.29) is 0 Å². The van der Waals surface area contributed by atoms with E-state index >= 15 is 0 Å². The van der Waals surface area contributed by atoms with Crippen LogP contribution in [0.3, 0.4) is 0 Å². The van der Waals surface area contributed by atoms with Crippen LogP contribution in [0.2, 0.25) is 0 Å². The van der Waals surface area contributed by atoms with E-state index in [9.17, 15) is 0 Å². The van der Waals surface area contributed by atoms with Crippen LogP contribution in [0.25, 0.3) is 10.8 Å². The number of hydrogen-bond donors (Lipinski definition) is 1. The Bertz CT molecular complexity index is 544. The number of benzene rings is 2. The maximum absolute atomic E-state index is 3.52. The minimum Gasteiger partial charge on any atom is -0.384 e. The van der Waals surface area contributed by atoms with Crippen LogP contribution in [0.4, 0.5) is 5.69 Å². The zero-order valence-electron chi connectivity index (χ0n) is 12.4. The second-order valence-electron chi connectivity index (χ2n) is 5.67. The van der Waals surface area contributed by atoms with Gasteiger partial charge in [0, 0.05) is 18.8 Å². The molecule has 0 saturated heterocycles. The molecule has 0 amide bonds. The molecule has 1 N–H and O–H groups in total. The fraction of sp³-hybridized carbons (Fsp3) is 0.412. The van der Waals surface area contributed by atoms with Crippen LogP contribution in [-0.4, -0.2) is 32.1 Å². The molecule has 2 nitrogen and oxygen atoms in total. The Kier molecular flexibility index (Phi) is 4.43. The Balaban J connectivity index is 2.30. The van der Waals surface area contributed by atoms with Gasteiger partial charge in [0.2, 0.25) is 0 Å². The van der Waals surface area contributed by atoms with Gasteiger partial charge in [0.05, 0.1) is 0 Å². The van der Waals surface area contributed by atoms with Gasteiger partial charge in [0.1, 0.15) is 0 Å². The minimum absolute atomic E-state index is 0.542. The van der Waals surface area contributed by atoms with Gasteiger partial charge in [-0.2, -0.15) is 0 Å². The zero-order valence-corrected chi connectivity index (χ0v) is 12.4. The van der Waals surface area contributed by atoms with Gasteiger partial charge >= 0.3 is 0 Å². The molecule has 0 fully saturated rings. The Morgan fingerprint density at radius 1 is 1.11 bits per heavy atom. The number of nitrogens with zero attached hydrogens (tertiary/aromatic N) is 1. The lowest BCUT2D eigenvalue weighted by Gasteiger charge is -2.15. The van der Waals surface area contributed by atoms with E-state index in [1.807, 2.05) is 0 Å². The Morgan fingerprint density at radius 3 is 2.53 bits per heavy atom. The quantitative estimate of drug-likeness (QED) is 0.871. The summed E-state index contributed by atoms with van der Waals surface area (Å²) in [6.45, 7) is 6.53. The average molecular weight is 256 g/mol. The summed E-state index contributed by atoms with van der Waals surface area (Å²) >= 11 is 0. The first kappa shape index (κ1) is 13.9. The van der Waals surface area contributed by atoms with Crippen molar-refractivity contribution in [2.45, 2.75) is 19.8 Å².